The van der Waals surface area contributed by atoms with E-state index in [0.717, 1.165) is 5.56 Å². The maximum atomic E-state index is 10.2. The van der Waals surface area contributed by atoms with Gasteiger partial charge in [-0.1, -0.05) is 0 Å². The number of ether oxygens (including phenoxy) is 1. The van der Waals surface area contributed by atoms with Crippen molar-refractivity contribution in [3.8, 4) is 0 Å². The van der Waals surface area contributed by atoms with Gasteiger partial charge < -0.3 is 25.8 Å². The molecule has 3 aromatic heterocycles. The fourth-order valence-corrected chi connectivity index (χ4v) is 3.41. The normalized spacial score (nSPS) is 25.6. The molecule has 1 saturated heterocycles. The second kappa shape index (κ2) is 7.17. The fourth-order valence-electron chi connectivity index (χ4n) is 2.80. The summed E-state index contributed by atoms with van der Waals surface area (Å²) in [6.45, 7) is -0.428. The molecule has 3 aromatic rings. The van der Waals surface area contributed by atoms with Gasteiger partial charge in [0.25, 0.3) is 0 Å². The van der Waals surface area contributed by atoms with Gasteiger partial charge >= 0.3 is 0 Å². The van der Waals surface area contributed by atoms with Gasteiger partial charge in [0.15, 0.2) is 17.7 Å². The molecule has 1 unspecified atom stereocenters. The second-order valence-electron chi connectivity index (χ2n) is 5.91. The van der Waals surface area contributed by atoms with Crippen LogP contribution in [0.4, 0.5) is 11.8 Å². The maximum Gasteiger partial charge on any atom is 0.247 e. The SMILES string of the molecule is Nc1nc(N/N=C/c2ccsc2)nc2c1ncn2C1O[C@H](CO)[C@@H](O)[C@H]1O. The number of rotatable bonds is 5. The fraction of sp³-hybridized carbons (Fsp3) is 0.333. The van der Waals surface area contributed by atoms with E-state index in [2.05, 4.69) is 25.5 Å². The molecule has 142 valence electrons. The van der Waals surface area contributed by atoms with Crippen molar-refractivity contribution in [1.29, 1.82) is 0 Å². The average molecular weight is 391 g/mol. The number of nitrogens with two attached hydrogens (primary N) is 1. The zero-order chi connectivity index (χ0) is 19.0. The summed E-state index contributed by atoms with van der Waals surface area (Å²) >= 11 is 1.55. The monoisotopic (exact) mass is 391 g/mol. The topological polar surface area (TPSA) is 164 Å². The molecule has 4 rings (SSSR count). The molecule has 27 heavy (non-hydrogen) atoms. The summed E-state index contributed by atoms with van der Waals surface area (Å²) in [5.41, 5.74) is 10.2. The second-order valence-corrected chi connectivity index (χ2v) is 6.69. The first-order valence-corrected chi connectivity index (χ1v) is 8.96. The van der Waals surface area contributed by atoms with Crippen LogP contribution in [0.5, 0.6) is 0 Å². The van der Waals surface area contributed by atoms with Crippen LogP contribution in [0.15, 0.2) is 28.3 Å². The Hall–Kier alpha value is -2.64. The molecule has 0 bridgehead atoms. The lowest BCUT2D eigenvalue weighted by atomic mass is 10.1. The number of aliphatic hydroxyl groups is 3. The minimum Gasteiger partial charge on any atom is -0.394 e. The van der Waals surface area contributed by atoms with Crippen LogP contribution in [0.3, 0.4) is 0 Å². The highest BCUT2D eigenvalue weighted by molar-refractivity contribution is 7.08. The van der Waals surface area contributed by atoms with E-state index < -0.39 is 31.1 Å². The van der Waals surface area contributed by atoms with Crippen LogP contribution in [0, 0.1) is 0 Å². The molecule has 1 fully saturated rings. The third kappa shape index (κ3) is 3.24. The van der Waals surface area contributed by atoms with Crippen molar-refractivity contribution in [2.24, 2.45) is 5.10 Å². The van der Waals surface area contributed by atoms with Crippen LogP contribution in [-0.2, 0) is 4.74 Å². The summed E-state index contributed by atoms with van der Waals surface area (Å²) in [6.07, 6.45) is -1.38. The van der Waals surface area contributed by atoms with Crippen molar-refractivity contribution in [3.63, 3.8) is 0 Å². The number of thiophene rings is 1. The average Bonchev–Trinajstić information content (AvgIpc) is 3.37. The van der Waals surface area contributed by atoms with Gasteiger partial charge in [0, 0.05) is 5.56 Å². The molecular formula is C15H17N7O4S. The van der Waals surface area contributed by atoms with Crippen molar-refractivity contribution in [2.45, 2.75) is 24.5 Å². The molecule has 11 nitrogen and oxygen atoms in total. The number of imidazole rings is 1. The van der Waals surface area contributed by atoms with Gasteiger partial charge in [-0.25, -0.2) is 10.4 Å². The first kappa shape index (κ1) is 17.8. The van der Waals surface area contributed by atoms with Crippen LogP contribution >= 0.6 is 11.3 Å². The van der Waals surface area contributed by atoms with Crippen molar-refractivity contribution >= 4 is 40.5 Å². The van der Waals surface area contributed by atoms with Gasteiger partial charge in [-0.05, 0) is 16.8 Å². The maximum absolute atomic E-state index is 10.2. The molecule has 6 N–H and O–H groups in total. The lowest BCUT2D eigenvalue weighted by Gasteiger charge is -2.16. The van der Waals surface area contributed by atoms with Gasteiger partial charge in [0.05, 0.1) is 19.1 Å². The molecule has 0 radical (unpaired) electrons. The van der Waals surface area contributed by atoms with Gasteiger partial charge in [0.1, 0.15) is 23.8 Å². The minimum absolute atomic E-state index is 0.124. The van der Waals surface area contributed by atoms with Crippen LogP contribution in [0.25, 0.3) is 11.2 Å². The lowest BCUT2D eigenvalue weighted by molar-refractivity contribution is -0.0511. The van der Waals surface area contributed by atoms with E-state index in [1.54, 1.807) is 17.6 Å². The molecule has 12 heteroatoms. The molecule has 4 heterocycles. The predicted molar refractivity (Wildman–Crippen MR) is 98.3 cm³/mol. The van der Waals surface area contributed by atoms with Crippen molar-refractivity contribution in [1.82, 2.24) is 19.5 Å². The number of hydrogen-bond donors (Lipinski definition) is 5. The number of anilines is 2. The number of aliphatic hydroxyl groups excluding tert-OH is 3. The Bertz CT molecular complexity index is 961. The first-order valence-electron chi connectivity index (χ1n) is 8.02. The molecule has 4 atom stereocenters. The summed E-state index contributed by atoms with van der Waals surface area (Å²) in [4.78, 5) is 12.6. The Morgan fingerprint density at radius 1 is 1.37 bits per heavy atom. The number of hydrogen-bond acceptors (Lipinski definition) is 11. The minimum atomic E-state index is -1.26. The molecule has 0 aromatic carbocycles. The highest BCUT2D eigenvalue weighted by atomic mass is 32.1. The zero-order valence-electron chi connectivity index (χ0n) is 13.9. The van der Waals surface area contributed by atoms with Crippen molar-refractivity contribution in [3.05, 3.63) is 28.7 Å². The quantitative estimate of drug-likeness (QED) is 0.285. The number of nitrogen functional groups attached to an aromatic ring is 1. The highest BCUT2D eigenvalue weighted by Gasteiger charge is 2.44. The van der Waals surface area contributed by atoms with E-state index in [1.807, 2.05) is 16.8 Å². The Balaban J connectivity index is 1.64. The number of fused-ring (bicyclic) bond motifs is 1. The Morgan fingerprint density at radius 3 is 2.93 bits per heavy atom. The summed E-state index contributed by atoms with van der Waals surface area (Å²) < 4.78 is 6.96. The van der Waals surface area contributed by atoms with Crippen LogP contribution in [0.1, 0.15) is 11.8 Å². The number of hydrazone groups is 1. The van der Waals surface area contributed by atoms with Crippen LogP contribution in [-0.4, -0.2) is 66.0 Å². The van der Waals surface area contributed by atoms with E-state index in [1.165, 1.54) is 10.9 Å². The van der Waals surface area contributed by atoms with Crippen LogP contribution in [0.2, 0.25) is 0 Å². The van der Waals surface area contributed by atoms with E-state index in [4.69, 9.17) is 10.5 Å². The third-order valence-corrected chi connectivity index (χ3v) is 4.86. The smallest absolute Gasteiger partial charge is 0.247 e. The van der Waals surface area contributed by atoms with Crippen molar-refractivity contribution in [2.75, 3.05) is 17.8 Å². The number of nitrogens with zero attached hydrogens (tertiary/aromatic N) is 5. The highest BCUT2D eigenvalue weighted by Crippen LogP contribution is 2.32. The summed E-state index contributed by atoms with van der Waals surface area (Å²) in [5.74, 6) is 0.263. The van der Waals surface area contributed by atoms with Gasteiger partial charge in [-0.2, -0.15) is 26.4 Å². The molecular weight excluding hydrogens is 374 g/mol. The van der Waals surface area contributed by atoms with Gasteiger partial charge in [-0.15, -0.1) is 0 Å². The summed E-state index contributed by atoms with van der Waals surface area (Å²) in [7, 11) is 0. The van der Waals surface area contributed by atoms with Gasteiger partial charge in [-0.3, -0.25) is 4.57 Å². The third-order valence-electron chi connectivity index (χ3n) is 4.16. The number of nitrogens with one attached hydrogen (secondary N) is 1. The Kier molecular flexibility index (Phi) is 4.72. The van der Waals surface area contributed by atoms with E-state index in [9.17, 15) is 15.3 Å². The molecule has 1 aliphatic rings. The van der Waals surface area contributed by atoms with Crippen molar-refractivity contribution < 1.29 is 20.1 Å². The summed E-state index contributed by atoms with van der Waals surface area (Å²) in [5, 5.41) is 37.4. The first-order chi connectivity index (χ1) is 13.1. The van der Waals surface area contributed by atoms with E-state index in [-0.39, 0.29) is 11.8 Å². The molecule has 0 saturated carbocycles. The number of aromatic nitrogens is 4. The zero-order valence-corrected chi connectivity index (χ0v) is 14.7. The lowest BCUT2D eigenvalue weighted by Crippen LogP contribution is -2.33. The van der Waals surface area contributed by atoms with Gasteiger partial charge in [0.2, 0.25) is 5.95 Å². The Morgan fingerprint density at radius 2 is 2.22 bits per heavy atom. The summed E-state index contributed by atoms with van der Waals surface area (Å²) in [6, 6.07) is 1.91. The van der Waals surface area contributed by atoms with E-state index in [0.29, 0.717) is 11.2 Å². The molecule has 0 spiro atoms. The van der Waals surface area contributed by atoms with Crippen LogP contribution < -0.4 is 11.2 Å². The molecule has 0 aliphatic carbocycles. The Labute approximate surface area is 156 Å². The standard InChI is InChI=1S/C15H17N7O4S/c16-12-9-13(20-15(19-12)21-18-3-7-1-2-27-5-7)22(6-17-9)14-11(25)10(24)8(4-23)26-14/h1-3,5-6,8,10-11,14,23-25H,4H2,(H3,16,19,20,21)/b18-3+/t8-,10-,11-,14?/m1/s1. The molecule has 0 amide bonds. The predicted octanol–water partition coefficient (Wildman–Crippen LogP) is -0.473. The molecule has 1 aliphatic heterocycles. The largest absolute Gasteiger partial charge is 0.394 e. The van der Waals surface area contributed by atoms with E-state index >= 15 is 0 Å².